The summed E-state index contributed by atoms with van der Waals surface area (Å²) in [7, 11) is -1.08. The number of piperidine rings is 1. The standard InChI is InChI=1S/C21H34N4O3Si/c1-29(2,3)14-13-28-16-25-12-9-18-15-22-21(23-20(18)25)24-10-7-17(8-11-24)5-4-6-19(26)27/h9,12,15,17H,4-8,10-11,13-14,16H2,1-3H3,(H,26,27). The normalized spacial score (nSPS) is 15.9. The summed E-state index contributed by atoms with van der Waals surface area (Å²) < 4.78 is 7.96. The van der Waals surface area contributed by atoms with Crippen molar-refractivity contribution in [2.45, 2.75) is 64.5 Å². The van der Waals surface area contributed by atoms with Crippen molar-refractivity contribution < 1.29 is 14.6 Å². The third-order valence-electron chi connectivity index (χ3n) is 5.62. The Morgan fingerprint density at radius 3 is 2.76 bits per heavy atom. The minimum Gasteiger partial charge on any atom is -0.481 e. The molecule has 29 heavy (non-hydrogen) atoms. The Kier molecular flexibility index (Phi) is 7.29. The van der Waals surface area contributed by atoms with Gasteiger partial charge in [-0.05, 0) is 43.7 Å². The summed E-state index contributed by atoms with van der Waals surface area (Å²) in [5, 5.41) is 9.83. The van der Waals surface area contributed by atoms with Crippen molar-refractivity contribution in [2.24, 2.45) is 5.92 Å². The molecule has 3 rings (SSSR count). The summed E-state index contributed by atoms with van der Waals surface area (Å²) in [6, 6.07) is 3.20. The van der Waals surface area contributed by atoms with Crippen molar-refractivity contribution in [1.29, 1.82) is 0 Å². The molecule has 7 nitrogen and oxygen atoms in total. The predicted molar refractivity (Wildman–Crippen MR) is 118 cm³/mol. The first kappa shape index (κ1) is 21.8. The number of anilines is 1. The number of aliphatic carboxylic acids is 1. The van der Waals surface area contributed by atoms with E-state index >= 15 is 0 Å². The second kappa shape index (κ2) is 9.71. The Balaban J connectivity index is 1.55. The fourth-order valence-electron chi connectivity index (χ4n) is 3.72. The fraction of sp³-hybridized carbons (Fsp3) is 0.667. The fourth-order valence-corrected chi connectivity index (χ4v) is 4.48. The number of fused-ring (bicyclic) bond motifs is 1. The summed E-state index contributed by atoms with van der Waals surface area (Å²) in [5.74, 6) is 0.693. The van der Waals surface area contributed by atoms with Gasteiger partial charge in [-0.3, -0.25) is 4.79 Å². The second-order valence-electron chi connectivity index (χ2n) is 9.30. The van der Waals surface area contributed by atoms with Crippen LogP contribution in [0.25, 0.3) is 11.0 Å². The van der Waals surface area contributed by atoms with Gasteiger partial charge in [0.25, 0.3) is 0 Å². The third kappa shape index (κ3) is 6.53. The lowest BCUT2D eigenvalue weighted by Crippen LogP contribution is -2.35. The van der Waals surface area contributed by atoms with Gasteiger partial charge < -0.3 is 19.3 Å². The van der Waals surface area contributed by atoms with Crippen LogP contribution in [-0.4, -0.2) is 53.4 Å². The van der Waals surface area contributed by atoms with Crippen LogP contribution in [0.4, 0.5) is 5.95 Å². The van der Waals surface area contributed by atoms with Crippen LogP contribution in [0.2, 0.25) is 25.7 Å². The van der Waals surface area contributed by atoms with Crippen LogP contribution in [0.5, 0.6) is 0 Å². The number of hydrogen-bond donors (Lipinski definition) is 1. The molecule has 1 aliphatic rings. The molecule has 3 heterocycles. The van der Waals surface area contributed by atoms with Gasteiger partial charge in [0.05, 0.1) is 0 Å². The molecule has 1 N–H and O–H groups in total. The van der Waals surface area contributed by atoms with E-state index in [1.807, 2.05) is 18.5 Å². The highest BCUT2D eigenvalue weighted by atomic mass is 28.3. The number of ether oxygens (including phenoxy) is 1. The molecular formula is C21H34N4O3Si. The molecule has 0 atom stereocenters. The van der Waals surface area contributed by atoms with E-state index in [2.05, 4.69) is 34.1 Å². The Hall–Kier alpha value is -1.93. The Morgan fingerprint density at radius 2 is 2.07 bits per heavy atom. The van der Waals surface area contributed by atoms with Crippen molar-refractivity contribution in [2.75, 3.05) is 24.6 Å². The van der Waals surface area contributed by atoms with Gasteiger partial charge in [-0.1, -0.05) is 19.6 Å². The van der Waals surface area contributed by atoms with Crippen LogP contribution in [-0.2, 0) is 16.3 Å². The molecule has 1 aliphatic heterocycles. The molecule has 0 bridgehead atoms. The molecule has 0 aliphatic carbocycles. The minimum absolute atomic E-state index is 0.275. The molecule has 0 radical (unpaired) electrons. The van der Waals surface area contributed by atoms with Crippen molar-refractivity contribution in [1.82, 2.24) is 14.5 Å². The molecule has 8 heteroatoms. The zero-order valence-corrected chi connectivity index (χ0v) is 18.9. The number of carboxylic acid groups (broad SMARTS) is 1. The van der Waals surface area contributed by atoms with E-state index in [-0.39, 0.29) is 6.42 Å². The zero-order chi connectivity index (χ0) is 20.9. The molecule has 0 spiro atoms. The van der Waals surface area contributed by atoms with Crippen LogP contribution >= 0.6 is 0 Å². The zero-order valence-electron chi connectivity index (χ0n) is 17.9. The van der Waals surface area contributed by atoms with Crippen molar-refractivity contribution in [3.8, 4) is 0 Å². The summed E-state index contributed by atoms with van der Waals surface area (Å²) in [6.07, 6.45) is 8.10. The van der Waals surface area contributed by atoms with Crippen molar-refractivity contribution in [3.63, 3.8) is 0 Å². The molecule has 1 saturated heterocycles. The van der Waals surface area contributed by atoms with Gasteiger partial charge in [0.1, 0.15) is 12.4 Å². The third-order valence-corrected chi connectivity index (χ3v) is 7.32. The average Bonchev–Trinajstić information content (AvgIpc) is 3.07. The number of carboxylic acids is 1. The lowest BCUT2D eigenvalue weighted by Gasteiger charge is -2.32. The SMILES string of the molecule is C[Si](C)(C)CCOCn1ccc2cnc(N3CCC(CCCC(=O)O)CC3)nc21. The van der Waals surface area contributed by atoms with Crippen molar-refractivity contribution in [3.05, 3.63) is 18.5 Å². The number of rotatable bonds is 10. The smallest absolute Gasteiger partial charge is 0.303 e. The van der Waals surface area contributed by atoms with Crippen LogP contribution in [0, 0.1) is 5.92 Å². The van der Waals surface area contributed by atoms with E-state index in [1.165, 1.54) is 0 Å². The molecule has 1 fully saturated rings. The van der Waals surface area contributed by atoms with Crippen LogP contribution in [0.15, 0.2) is 18.5 Å². The summed E-state index contributed by atoms with van der Waals surface area (Å²) >= 11 is 0. The summed E-state index contributed by atoms with van der Waals surface area (Å²) in [4.78, 5) is 22.3. The predicted octanol–water partition coefficient (Wildman–Crippen LogP) is 4.21. The van der Waals surface area contributed by atoms with Crippen molar-refractivity contribution >= 4 is 31.0 Å². The number of hydrogen-bond acceptors (Lipinski definition) is 5. The molecule has 160 valence electrons. The van der Waals surface area contributed by atoms with Crippen LogP contribution < -0.4 is 4.90 Å². The van der Waals surface area contributed by atoms with Gasteiger partial charge in [0, 0.05) is 52.0 Å². The van der Waals surface area contributed by atoms with E-state index in [1.54, 1.807) is 0 Å². The Labute approximate surface area is 174 Å². The molecule has 0 saturated carbocycles. The molecule has 0 amide bonds. The van der Waals surface area contributed by atoms with E-state index < -0.39 is 14.0 Å². The molecule has 0 unspecified atom stereocenters. The largest absolute Gasteiger partial charge is 0.481 e. The topological polar surface area (TPSA) is 80.5 Å². The molecule has 2 aromatic heterocycles. The maximum absolute atomic E-state index is 10.7. The lowest BCUT2D eigenvalue weighted by atomic mass is 9.92. The highest BCUT2D eigenvalue weighted by Crippen LogP contribution is 2.26. The monoisotopic (exact) mass is 418 g/mol. The van der Waals surface area contributed by atoms with Gasteiger partial charge in [0.15, 0.2) is 0 Å². The van der Waals surface area contributed by atoms with Crippen LogP contribution in [0.3, 0.4) is 0 Å². The van der Waals surface area contributed by atoms with Gasteiger partial charge in [-0.25, -0.2) is 4.98 Å². The molecular weight excluding hydrogens is 384 g/mol. The van der Waals surface area contributed by atoms with Gasteiger partial charge in [-0.15, -0.1) is 0 Å². The molecule has 0 aromatic carbocycles. The maximum Gasteiger partial charge on any atom is 0.303 e. The lowest BCUT2D eigenvalue weighted by molar-refractivity contribution is -0.137. The minimum atomic E-state index is -1.08. The first-order valence-electron chi connectivity index (χ1n) is 10.7. The van der Waals surface area contributed by atoms with E-state index in [0.717, 1.165) is 68.4 Å². The first-order chi connectivity index (χ1) is 13.8. The number of aromatic nitrogens is 3. The quantitative estimate of drug-likeness (QED) is 0.460. The van der Waals surface area contributed by atoms with E-state index in [9.17, 15) is 4.79 Å². The highest BCUT2D eigenvalue weighted by Gasteiger charge is 2.21. The summed E-state index contributed by atoms with van der Waals surface area (Å²) in [5.41, 5.74) is 0.923. The highest BCUT2D eigenvalue weighted by molar-refractivity contribution is 6.76. The van der Waals surface area contributed by atoms with Gasteiger partial charge in [0.2, 0.25) is 5.95 Å². The van der Waals surface area contributed by atoms with Crippen LogP contribution in [0.1, 0.15) is 32.1 Å². The second-order valence-corrected chi connectivity index (χ2v) is 14.9. The Bertz CT molecular complexity index is 810. The van der Waals surface area contributed by atoms with E-state index in [4.69, 9.17) is 14.8 Å². The number of nitrogens with zero attached hydrogens (tertiary/aromatic N) is 4. The van der Waals surface area contributed by atoms with Gasteiger partial charge in [-0.2, -0.15) is 4.98 Å². The first-order valence-corrected chi connectivity index (χ1v) is 14.4. The Morgan fingerprint density at radius 1 is 1.31 bits per heavy atom. The average molecular weight is 419 g/mol. The molecule has 2 aromatic rings. The van der Waals surface area contributed by atoms with E-state index in [0.29, 0.717) is 12.6 Å². The number of carbonyl (C=O) groups is 1. The maximum atomic E-state index is 10.7. The summed E-state index contributed by atoms with van der Waals surface area (Å²) in [6.45, 7) is 10.2. The van der Waals surface area contributed by atoms with Gasteiger partial charge >= 0.3 is 5.97 Å².